The van der Waals surface area contributed by atoms with E-state index < -0.39 is 0 Å². The molecule has 3 rings (SSSR count). The lowest BCUT2D eigenvalue weighted by Crippen LogP contribution is -2.12. The number of allylic oxidation sites excluding steroid dienone is 1. The summed E-state index contributed by atoms with van der Waals surface area (Å²) in [6, 6.07) is 17.6. The molecule has 0 bridgehead atoms. The summed E-state index contributed by atoms with van der Waals surface area (Å²) >= 11 is 1.62. The summed E-state index contributed by atoms with van der Waals surface area (Å²) in [7, 11) is 0. The van der Waals surface area contributed by atoms with Gasteiger partial charge < -0.3 is 15.5 Å². The Kier molecular flexibility index (Phi) is 7.73. The Hall–Kier alpha value is -3.25. The second-order valence-corrected chi connectivity index (χ2v) is 8.35. The van der Waals surface area contributed by atoms with Crippen LogP contribution >= 0.6 is 11.3 Å². The van der Waals surface area contributed by atoms with Crippen LogP contribution in [0.15, 0.2) is 66.4 Å². The van der Waals surface area contributed by atoms with Gasteiger partial charge in [-0.15, -0.1) is 11.3 Å². The van der Waals surface area contributed by atoms with Gasteiger partial charge in [0.2, 0.25) is 0 Å². The third-order valence-electron chi connectivity index (χ3n) is 4.72. The molecule has 5 nitrogen and oxygen atoms in total. The Morgan fingerprint density at radius 2 is 1.87 bits per heavy atom. The van der Waals surface area contributed by atoms with Crippen molar-refractivity contribution in [3.63, 3.8) is 0 Å². The average Bonchev–Trinajstić information content (AvgIpc) is 3.14. The number of aryl methyl sites for hydroxylation is 2. The topological polar surface area (TPSA) is 75.1 Å². The molecule has 31 heavy (non-hydrogen) atoms. The first kappa shape index (κ1) is 22.4. The lowest BCUT2D eigenvalue weighted by atomic mass is 10.0. The molecule has 2 aromatic carbocycles. The fourth-order valence-electron chi connectivity index (χ4n) is 3.19. The predicted molar refractivity (Wildman–Crippen MR) is 128 cm³/mol. The first-order valence-corrected chi connectivity index (χ1v) is 11.1. The van der Waals surface area contributed by atoms with Gasteiger partial charge in [0, 0.05) is 35.2 Å². The number of ether oxygens (including phenoxy) is 1. The van der Waals surface area contributed by atoms with E-state index in [-0.39, 0.29) is 11.5 Å². The van der Waals surface area contributed by atoms with Crippen molar-refractivity contribution in [1.82, 2.24) is 4.98 Å². The van der Waals surface area contributed by atoms with Crippen LogP contribution < -0.4 is 10.1 Å². The van der Waals surface area contributed by atoms with Gasteiger partial charge in [-0.25, -0.2) is 4.98 Å². The van der Waals surface area contributed by atoms with Crippen molar-refractivity contribution in [2.45, 2.75) is 33.6 Å². The van der Waals surface area contributed by atoms with Crippen molar-refractivity contribution >= 4 is 28.5 Å². The van der Waals surface area contributed by atoms with Crippen LogP contribution in [-0.4, -0.2) is 23.1 Å². The maximum atomic E-state index is 12.8. The monoisotopic (exact) mass is 433 g/mol. The van der Waals surface area contributed by atoms with Gasteiger partial charge >= 0.3 is 0 Å². The van der Waals surface area contributed by atoms with E-state index in [4.69, 9.17) is 15.1 Å². The van der Waals surface area contributed by atoms with Crippen LogP contribution in [0.2, 0.25) is 0 Å². The molecule has 0 saturated heterocycles. The van der Waals surface area contributed by atoms with E-state index in [1.54, 1.807) is 24.5 Å². The number of ketones is 1. The Morgan fingerprint density at radius 1 is 1.16 bits per heavy atom. The highest BCUT2D eigenvalue weighted by Gasteiger charge is 2.15. The first-order valence-electron chi connectivity index (χ1n) is 10.3. The molecule has 0 atom stereocenters. The van der Waals surface area contributed by atoms with Gasteiger partial charge in [-0.1, -0.05) is 42.5 Å². The highest BCUT2D eigenvalue weighted by atomic mass is 32.1. The molecule has 2 N–H and O–H groups in total. The molecule has 160 valence electrons. The van der Waals surface area contributed by atoms with E-state index in [1.807, 2.05) is 61.5 Å². The van der Waals surface area contributed by atoms with Crippen LogP contribution in [0.5, 0.6) is 5.75 Å². The van der Waals surface area contributed by atoms with Crippen LogP contribution in [-0.2, 0) is 11.2 Å². The minimum atomic E-state index is -0.0806. The zero-order chi connectivity index (χ0) is 22.2. The molecule has 0 aliphatic rings. The SMILES string of the molecule is CCOc1ccccc1N/C=C(\C(C)=N)C(=O)CCc1nc(-c2ccccc2)c(C)s1. The Morgan fingerprint density at radius 3 is 2.58 bits per heavy atom. The summed E-state index contributed by atoms with van der Waals surface area (Å²) in [6.07, 6.45) is 2.46. The van der Waals surface area contributed by atoms with E-state index in [1.165, 1.54) is 0 Å². The first-order chi connectivity index (χ1) is 15.0. The zero-order valence-corrected chi connectivity index (χ0v) is 18.9. The molecule has 1 aromatic heterocycles. The van der Waals surface area contributed by atoms with Gasteiger partial charge in [0.05, 0.1) is 28.6 Å². The maximum absolute atomic E-state index is 12.8. The van der Waals surface area contributed by atoms with Gasteiger partial charge in [0.25, 0.3) is 0 Å². The van der Waals surface area contributed by atoms with Crippen molar-refractivity contribution in [2.75, 3.05) is 11.9 Å². The minimum absolute atomic E-state index is 0.0806. The minimum Gasteiger partial charge on any atom is -0.492 e. The van der Waals surface area contributed by atoms with E-state index >= 15 is 0 Å². The fourth-order valence-corrected chi connectivity index (χ4v) is 4.15. The molecule has 0 saturated carbocycles. The average molecular weight is 434 g/mol. The number of carbonyl (C=O) groups excluding carboxylic acids is 1. The van der Waals surface area contributed by atoms with Crippen LogP contribution in [0.1, 0.15) is 30.2 Å². The van der Waals surface area contributed by atoms with Gasteiger partial charge in [-0.05, 0) is 32.9 Å². The Balaban J connectivity index is 1.69. The molecular weight excluding hydrogens is 406 g/mol. The van der Waals surface area contributed by atoms with Gasteiger partial charge in [-0.3, -0.25) is 4.79 Å². The molecule has 0 amide bonds. The van der Waals surface area contributed by atoms with Gasteiger partial charge in [-0.2, -0.15) is 0 Å². The number of carbonyl (C=O) groups is 1. The Labute approximate surface area is 187 Å². The number of hydrogen-bond acceptors (Lipinski definition) is 6. The maximum Gasteiger partial charge on any atom is 0.166 e. The summed E-state index contributed by atoms with van der Waals surface area (Å²) in [5, 5.41) is 12.1. The molecule has 1 heterocycles. The molecule has 0 unspecified atom stereocenters. The quantitative estimate of drug-likeness (QED) is 0.301. The fraction of sp³-hybridized carbons (Fsp3) is 0.240. The number of nitrogens with one attached hydrogen (secondary N) is 2. The number of benzene rings is 2. The van der Waals surface area contributed by atoms with Crippen molar-refractivity contribution in [3.8, 4) is 17.0 Å². The molecule has 3 aromatic rings. The molecule has 6 heteroatoms. The van der Waals surface area contributed by atoms with Gasteiger partial charge in [0.15, 0.2) is 5.78 Å². The summed E-state index contributed by atoms with van der Waals surface area (Å²) in [5.41, 5.74) is 3.41. The smallest absolute Gasteiger partial charge is 0.166 e. The summed E-state index contributed by atoms with van der Waals surface area (Å²) in [6.45, 7) is 6.15. The van der Waals surface area contributed by atoms with E-state index in [2.05, 4.69) is 12.2 Å². The number of anilines is 1. The number of rotatable bonds is 10. The summed E-state index contributed by atoms with van der Waals surface area (Å²) in [5.74, 6) is 0.630. The molecule has 0 radical (unpaired) electrons. The molecule has 0 fully saturated rings. The third kappa shape index (κ3) is 5.89. The number of aromatic nitrogens is 1. The number of nitrogens with zero attached hydrogens (tertiary/aromatic N) is 1. The number of hydrogen-bond donors (Lipinski definition) is 2. The van der Waals surface area contributed by atoms with Crippen molar-refractivity contribution < 1.29 is 9.53 Å². The lowest BCUT2D eigenvalue weighted by molar-refractivity contribution is -0.115. The Bertz CT molecular complexity index is 1090. The number of Topliss-reactive ketones (excluding diaryl/α,β-unsaturated/α-hetero) is 1. The number of para-hydroxylation sites is 2. The van der Waals surface area contributed by atoms with E-state index in [0.717, 1.165) is 26.8 Å². The standard InChI is InChI=1S/C25H27N3O2S/c1-4-30-23-13-9-8-12-21(23)27-16-20(17(2)26)22(29)14-15-24-28-25(18(3)31-24)19-10-6-5-7-11-19/h5-13,16,26-27H,4,14-15H2,1-3H3/b20-16+,26-17?. The van der Waals surface area contributed by atoms with Crippen LogP contribution in [0.4, 0.5) is 5.69 Å². The molecule has 0 spiro atoms. The second-order valence-electron chi connectivity index (χ2n) is 7.06. The van der Waals surface area contributed by atoms with E-state index in [9.17, 15) is 4.79 Å². The highest BCUT2D eigenvalue weighted by molar-refractivity contribution is 7.12. The summed E-state index contributed by atoms with van der Waals surface area (Å²) < 4.78 is 5.61. The van der Waals surface area contributed by atoms with E-state index in [0.29, 0.717) is 30.8 Å². The van der Waals surface area contributed by atoms with Crippen molar-refractivity contribution in [3.05, 3.63) is 76.3 Å². The zero-order valence-electron chi connectivity index (χ0n) is 18.1. The number of thiazole rings is 1. The second kappa shape index (κ2) is 10.7. The van der Waals surface area contributed by atoms with Crippen LogP contribution in [0, 0.1) is 12.3 Å². The third-order valence-corrected chi connectivity index (χ3v) is 5.75. The molecule has 0 aliphatic carbocycles. The largest absolute Gasteiger partial charge is 0.492 e. The van der Waals surface area contributed by atoms with Crippen molar-refractivity contribution in [2.24, 2.45) is 0 Å². The van der Waals surface area contributed by atoms with Gasteiger partial charge in [0.1, 0.15) is 5.75 Å². The molecular formula is C25H27N3O2S. The van der Waals surface area contributed by atoms with Crippen LogP contribution in [0.3, 0.4) is 0 Å². The molecule has 0 aliphatic heterocycles. The highest BCUT2D eigenvalue weighted by Crippen LogP contribution is 2.28. The lowest BCUT2D eigenvalue weighted by Gasteiger charge is -2.11. The normalized spacial score (nSPS) is 11.3. The van der Waals surface area contributed by atoms with Crippen LogP contribution in [0.25, 0.3) is 11.3 Å². The predicted octanol–water partition coefficient (Wildman–Crippen LogP) is 6.05. The summed E-state index contributed by atoms with van der Waals surface area (Å²) in [4.78, 5) is 18.7. The van der Waals surface area contributed by atoms with Crippen molar-refractivity contribution in [1.29, 1.82) is 5.41 Å².